The normalized spacial score (nSPS) is 12.7. The SMILES string of the molecule is CO[Si](CC=CCS)(OC)OC. The first kappa shape index (κ1) is 12.2. The smallest absolute Gasteiger partial charge is 0.377 e. The summed E-state index contributed by atoms with van der Waals surface area (Å²) in [6.45, 7) is 0. The molecule has 0 bridgehead atoms. The second-order valence-electron chi connectivity index (χ2n) is 2.15. The first-order valence-corrected chi connectivity index (χ1v) is 6.22. The third-order valence-electron chi connectivity index (χ3n) is 1.57. The molecular weight excluding hydrogens is 192 g/mol. The van der Waals surface area contributed by atoms with Crippen LogP contribution in [0, 0.1) is 0 Å². The molecule has 0 saturated heterocycles. The van der Waals surface area contributed by atoms with Crippen molar-refractivity contribution in [2.45, 2.75) is 6.04 Å². The Morgan fingerprint density at radius 2 is 1.58 bits per heavy atom. The van der Waals surface area contributed by atoms with Crippen molar-refractivity contribution in [2.75, 3.05) is 27.1 Å². The van der Waals surface area contributed by atoms with Crippen LogP contribution >= 0.6 is 12.6 Å². The van der Waals surface area contributed by atoms with E-state index in [4.69, 9.17) is 13.3 Å². The largest absolute Gasteiger partial charge is 0.504 e. The van der Waals surface area contributed by atoms with Crippen LogP contribution in [-0.4, -0.2) is 35.9 Å². The third-order valence-corrected chi connectivity index (χ3v) is 4.39. The van der Waals surface area contributed by atoms with Gasteiger partial charge < -0.3 is 13.3 Å². The predicted octanol–water partition coefficient (Wildman–Crippen LogP) is 1.35. The van der Waals surface area contributed by atoms with Crippen LogP contribution in [0.2, 0.25) is 6.04 Å². The molecule has 0 unspecified atom stereocenters. The van der Waals surface area contributed by atoms with Gasteiger partial charge >= 0.3 is 8.80 Å². The summed E-state index contributed by atoms with van der Waals surface area (Å²) in [4.78, 5) is 0. The molecule has 0 aliphatic carbocycles. The van der Waals surface area contributed by atoms with Gasteiger partial charge in [-0.05, 0) is 0 Å². The highest BCUT2D eigenvalue weighted by Gasteiger charge is 2.35. The fourth-order valence-electron chi connectivity index (χ4n) is 0.802. The van der Waals surface area contributed by atoms with Crippen LogP contribution in [-0.2, 0) is 13.3 Å². The predicted molar refractivity (Wildman–Crippen MR) is 54.6 cm³/mol. The molecular formula is C7H16O3SSi. The van der Waals surface area contributed by atoms with Crippen LogP contribution in [0.25, 0.3) is 0 Å². The molecule has 0 radical (unpaired) electrons. The summed E-state index contributed by atoms with van der Waals surface area (Å²) in [5.74, 6) is 0.724. The Labute approximate surface area is 80.5 Å². The number of rotatable bonds is 6. The van der Waals surface area contributed by atoms with E-state index in [-0.39, 0.29) is 0 Å². The van der Waals surface area contributed by atoms with Crippen LogP contribution in [0.1, 0.15) is 0 Å². The summed E-state index contributed by atoms with van der Waals surface area (Å²) >= 11 is 4.04. The summed E-state index contributed by atoms with van der Waals surface area (Å²) in [6, 6.07) is 0.692. The Kier molecular flexibility index (Phi) is 6.78. The molecule has 5 heteroatoms. The van der Waals surface area contributed by atoms with Gasteiger partial charge in [-0.1, -0.05) is 12.2 Å². The van der Waals surface area contributed by atoms with Gasteiger partial charge in [-0.2, -0.15) is 12.6 Å². The molecule has 0 aliphatic rings. The van der Waals surface area contributed by atoms with Crippen molar-refractivity contribution in [2.24, 2.45) is 0 Å². The Bertz CT molecular complexity index is 128. The third kappa shape index (κ3) is 3.73. The summed E-state index contributed by atoms with van der Waals surface area (Å²) in [5.41, 5.74) is 0. The van der Waals surface area contributed by atoms with E-state index in [1.54, 1.807) is 21.3 Å². The highest BCUT2D eigenvalue weighted by molar-refractivity contribution is 7.80. The van der Waals surface area contributed by atoms with E-state index in [0.29, 0.717) is 6.04 Å². The molecule has 12 heavy (non-hydrogen) atoms. The lowest BCUT2D eigenvalue weighted by Gasteiger charge is -2.22. The Morgan fingerprint density at radius 1 is 1.08 bits per heavy atom. The maximum atomic E-state index is 5.20. The van der Waals surface area contributed by atoms with E-state index in [9.17, 15) is 0 Å². The van der Waals surface area contributed by atoms with Gasteiger partial charge in [0.05, 0.1) is 0 Å². The van der Waals surface area contributed by atoms with Crippen molar-refractivity contribution in [3.63, 3.8) is 0 Å². The van der Waals surface area contributed by atoms with Crippen LogP contribution in [0.3, 0.4) is 0 Å². The Hall–Kier alpha value is 0.187. The molecule has 0 aromatic rings. The van der Waals surface area contributed by atoms with Gasteiger partial charge in [-0.25, -0.2) is 0 Å². The number of hydrogen-bond donors (Lipinski definition) is 1. The number of hydrogen-bond acceptors (Lipinski definition) is 4. The molecule has 0 amide bonds. The number of allylic oxidation sites excluding steroid dienone is 1. The average molecular weight is 208 g/mol. The van der Waals surface area contributed by atoms with E-state index in [1.807, 2.05) is 12.2 Å². The molecule has 0 heterocycles. The van der Waals surface area contributed by atoms with Crippen LogP contribution in [0.5, 0.6) is 0 Å². The van der Waals surface area contributed by atoms with Crippen LogP contribution in [0.4, 0.5) is 0 Å². The maximum Gasteiger partial charge on any atom is 0.504 e. The molecule has 0 saturated carbocycles. The quantitative estimate of drug-likeness (QED) is 0.406. The molecule has 72 valence electrons. The van der Waals surface area contributed by atoms with Gasteiger partial charge in [0.1, 0.15) is 0 Å². The average Bonchev–Trinajstić information content (AvgIpc) is 2.14. The van der Waals surface area contributed by atoms with E-state index in [1.165, 1.54) is 0 Å². The molecule has 0 rings (SSSR count). The van der Waals surface area contributed by atoms with Crippen molar-refractivity contribution in [1.82, 2.24) is 0 Å². The molecule has 0 N–H and O–H groups in total. The van der Waals surface area contributed by atoms with Gasteiger partial charge in [0.15, 0.2) is 0 Å². The fourth-order valence-corrected chi connectivity index (χ4v) is 2.41. The van der Waals surface area contributed by atoms with Crippen molar-refractivity contribution < 1.29 is 13.3 Å². The van der Waals surface area contributed by atoms with Crippen LogP contribution < -0.4 is 0 Å². The van der Waals surface area contributed by atoms with Gasteiger partial charge in [0.25, 0.3) is 0 Å². The monoisotopic (exact) mass is 208 g/mol. The molecule has 0 aromatic heterocycles. The number of thiol groups is 1. The van der Waals surface area contributed by atoms with Crippen LogP contribution in [0.15, 0.2) is 12.2 Å². The topological polar surface area (TPSA) is 27.7 Å². The molecule has 0 fully saturated rings. The van der Waals surface area contributed by atoms with Gasteiger partial charge in [0.2, 0.25) is 0 Å². The lowest BCUT2D eigenvalue weighted by molar-refractivity contribution is 0.127. The molecule has 0 spiro atoms. The van der Waals surface area contributed by atoms with Crippen molar-refractivity contribution >= 4 is 21.4 Å². The standard InChI is InChI=1S/C7H16O3SSi/c1-8-12(9-2,10-3)7-5-4-6-11/h4-5,11H,6-7H2,1-3H3. The highest BCUT2D eigenvalue weighted by atomic mass is 32.1. The molecule has 3 nitrogen and oxygen atoms in total. The minimum atomic E-state index is -2.38. The summed E-state index contributed by atoms with van der Waals surface area (Å²) < 4.78 is 15.6. The first-order chi connectivity index (χ1) is 5.74. The molecule has 0 aromatic carbocycles. The maximum absolute atomic E-state index is 5.20. The lowest BCUT2D eigenvalue weighted by atomic mass is 10.6. The highest BCUT2D eigenvalue weighted by Crippen LogP contribution is 2.12. The van der Waals surface area contributed by atoms with Gasteiger partial charge in [-0.15, -0.1) is 0 Å². The summed E-state index contributed by atoms with van der Waals surface area (Å²) in [5, 5.41) is 0. The van der Waals surface area contributed by atoms with Gasteiger partial charge in [-0.3, -0.25) is 0 Å². The Balaban J connectivity index is 4.01. The van der Waals surface area contributed by atoms with Gasteiger partial charge in [0, 0.05) is 33.1 Å². The van der Waals surface area contributed by atoms with E-state index >= 15 is 0 Å². The second-order valence-corrected chi connectivity index (χ2v) is 5.52. The van der Waals surface area contributed by atoms with Crippen molar-refractivity contribution in [1.29, 1.82) is 0 Å². The zero-order chi connectivity index (χ0) is 9.45. The minimum absolute atomic E-state index is 0.692. The lowest BCUT2D eigenvalue weighted by Crippen LogP contribution is -2.42. The van der Waals surface area contributed by atoms with E-state index in [2.05, 4.69) is 12.6 Å². The van der Waals surface area contributed by atoms with Crippen molar-refractivity contribution in [3.8, 4) is 0 Å². The first-order valence-electron chi connectivity index (χ1n) is 3.66. The molecule has 0 atom stereocenters. The summed E-state index contributed by atoms with van der Waals surface area (Å²) in [7, 11) is 2.44. The summed E-state index contributed by atoms with van der Waals surface area (Å²) in [6.07, 6.45) is 3.91. The minimum Gasteiger partial charge on any atom is -0.377 e. The fraction of sp³-hybridized carbons (Fsp3) is 0.714. The zero-order valence-electron chi connectivity index (χ0n) is 7.74. The van der Waals surface area contributed by atoms with Crippen molar-refractivity contribution in [3.05, 3.63) is 12.2 Å². The second kappa shape index (κ2) is 6.68. The Morgan fingerprint density at radius 3 is 1.92 bits per heavy atom. The molecule has 0 aliphatic heterocycles. The zero-order valence-corrected chi connectivity index (χ0v) is 9.64. The van der Waals surface area contributed by atoms with E-state index < -0.39 is 8.80 Å². The van der Waals surface area contributed by atoms with E-state index in [0.717, 1.165) is 5.75 Å².